The number of allylic oxidation sites excluding steroid dienone is 1. The summed E-state index contributed by atoms with van der Waals surface area (Å²) in [5, 5.41) is 3.54. The van der Waals surface area contributed by atoms with Crippen LogP contribution in [-0.4, -0.2) is 39.7 Å². The molecule has 1 aliphatic heterocycles. The van der Waals surface area contributed by atoms with Crippen molar-refractivity contribution in [1.82, 2.24) is 20.2 Å². The lowest BCUT2D eigenvalue weighted by molar-refractivity contribution is 0.188. The Morgan fingerprint density at radius 2 is 1.88 bits per heavy atom. The number of unbranched alkanes of at least 4 members (excludes halogenated alkanes) is 1. The van der Waals surface area contributed by atoms with Crippen LogP contribution in [0.15, 0.2) is 77.3 Å². The number of hydrogen-bond donors (Lipinski definition) is 2. The highest BCUT2D eigenvalue weighted by atomic mass is 15.2. The molecule has 5 rings (SSSR count). The van der Waals surface area contributed by atoms with Gasteiger partial charge in [0.05, 0.1) is 23.6 Å². The maximum absolute atomic E-state index is 4.87. The zero-order chi connectivity index (χ0) is 23.2. The van der Waals surface area contributed by atoms with Crippen LogP contribution in [0.5, 0.6) is 0 Å². The molecule has 0 saturated carbocycles. The van der Waals surface area contributed by atoms with Gasteiger partial charge in [-0.05, 0) is 60.7 Å². The maximum Gasteiger partial charge on any atom is 0.121 e. The Morgan fingerprint density at radius 3 is 2.74 bits per heavy atom. The normalized spacial score (nSPS) is 19.5. The fourth-order valence-electron chi connectivity index (χ4n) is 4.93. The fraction of sp³-hybridized carbons (Fsp3) is 0.379. The van der Waals surface area contributed by atoms with Gasteiger partial charge in [0.2, 0.25) is 0 Å². The van der Waals surface area contributed by atoms with Gasteiger partial charge in [0, 0.05) is 25.3 Å². The van der Waals surface area contributed by atoms with Gasteiger partial charge in [-0.15, -0.1) is 0 Å². The highest BCUT2D eigenvalue weighted by molar-refractivity contribution is 5.75. The third kappa shape index (κ3) is 5.54. The van der Waals surface area contributed by atoms with Gasteiger partial charge in [0.25, 0.3) is 0 Å². The molecule has 1 aromatic heterocycles. The van der Waals surface area contributed by atoms with Crippen LogP contribution in [0.25, 0.3) is 11.0 Å². The minimum Gasteiger partial charge on any atom is -0.341 e. The second-order valence-corrected chi connectivity index (χ2v) is 9.44. The number of para-hydroxylation sites is 2. The Labute approximate surface area is 202 Å². The van der Waals surface area contributed by atoms with E-state index < -0.39 is 0 Å². The molecule has 0 spiro atoms. The van der Waals surface area contributed by atoms with Crippen LogP contribution in [0, 0.1) is 0 Å². The molecule has 0 fully saturated rings. The van der Waals surface area contributed by atoms with E-state index in [9.17, 15) is 0 Å². The number of aromatic amines is 1. The van der Waals surface area contributed by atoms with E-state index in [-0.39, 0.29) is 0 Å². The molecule has 0 bridgehead atoms. The summed E-state index contributed by atoms with van der Waals surface area (Å²) in [4.78, 5) is 15.6. The van der Waals surface area contributed by atoms with E-state index in [1.165, 1.54) is 29.5 Å². The number of fused-ring (bicyclic) bond motifs is 2. The van der Waals surface area contributed by atoms with E-state index in [4.69, 9.17) is 4.98 Å². The van der Waals surface area contributed by atoms with E-state index in [0.717, 1.165) is 55.9 Å². The Balaban J connectivity index is 1.33. The first-order valence-corrected chi connectivity index (χ1v) is 12.7. The highest BCUT2D eigenvalue weighted by Crippen LogP contribution is 2.29. The molecule has 0 radical (unpaired) electrons. The largest absolute Gasteiger partial charge is 0.341 e. The third-order valence-electron chi connectivity index (χ3n) is 6.85. The Kier molecular flexibility index (Phi) is 7.32. The summed E-state index contributed by atoms with van der Waals surface area (Å²) in [5.74, 6) is 1.02. The summed E-state index contributed by atoms with van der Waals surface area (Å²) in [6, 6.07) is 18.1. The quantitative estimate of drug-likeness (QED) is 0.396. The van der Waals surface area contributed by atoms with Gasteiger partial charge < -0.3 is 10.3 Å². The van der Waals surface area contributed by atoms with Crippen LogP contribution >= 0.6 is 0 Å². The van der Waals surface area contributed by atoms with E-state index in [0.29, 0.717) is 12.1 Å². The predicted molar refractivity (Wildman–Crippen MR) is 141 cm³/mol. The molecule has 2 aliphatic rings. The standard InChI is InChI=1S/C29H35N5/c1-2-3-16-30-19-22-10-12-23(13-11-22)20-34(21-29-32-27-8-4-5-9-28(27)33-29)25-14-15-26-24(18-25)7-6-17-31-26/h4-13,17-18,25-26,30H,2-3,14-16,19-21H2,1H3,(H,32,33). The van der Waals surface area contributed by atoms with Gasteiger partial charge in [-0.2, -0.15) is 0 Å². The lowest BCUT2D eigenvalue weighted by atomic mass is 9.89. The van der Waals surface area contributed by atoms with Gasteiger partial charge >= 0.3 is 0 Å². The van der Waals surface area contributed by atoms with Crippen molar-refractivity contribution in [3.63, 3.8) is 0 Å². The third-order valence-corrected chi connectivity index (χ3v) is 6.85. The number of hydrogen-bond acceptors (Lipinski definition) is 4. The fourth-order valence-corrected chi connectivity index (χ4v) is 4.93. The number of dihydropyridines is 1. The first kappa shape index (κ1) is 22.8. The first-order valence-electron chi connectivity index (χ1n) is 12.7. The van der Waals surface area contributed by atoms with E-state index in [1.807, 2.05) is 12.3 Å². The number of aliphatic imine (C=N–C) groups is 1. The summed E-state index contributed by atoms with van der Waals surface area (Å²) in [6.07, 6.45) is 13.3. The number of nitrogens with zero attached hydrogens (tertiary/aromatic N) is 3. The molecule has 1 aliphatic carbocycles. The van der Waals surface area contributed by atoms with Gasteiger partial charge in [-0.1, -0.05) is 61.9 Å². The Morgan fingerprint density at radius 1 is 1.03 bits per heavy atom. The van der Waals surface area contributed by atoms with Crippen LogP contribution in [-0.2, 0) is 19.6 Å². The van der Waals surface area contributed by atoms with Crippen molar-refractivity contribution in [3.8, 4) is 0 Å². The molecule has 0 saturated heterocycles. The molecule has 176 valence electrons. The molecular formula is C29H35N5. The van der Waals surface area contributed by atoms with Crippen LogP contribution in [0.4, 0.5) is 0 Å². The zero-order valence-corrected chi connectivity index (χ0v) is 20.1. The number of nitrogens with one attached hydrogen (secondary N) is 2. The van der Waals surface area contributed by atoms with Crippen LogP contribution < -0.4 is 5.32 Å². The second kappa shape index (κ2) is 10.9. The SMILES string of the molecule is CCCCNCc1ccc(CN(Cc2nc3ccccc3[nH]2)C2C=C3C=CC=NC3CC2)cc1. The molecule has 0 amide bonds. The van der Waals surface area contributed by atoms with Crippen molar-refractivity contribution in [3.05, 3.63) is 89.3 Å². The van der Waals surface area contributed by atoms with Crippen LogP contribution in [0.3, 0.4) is 0 Å². The smallest absolute Gasteiger partial charge is 0.121 e. The van der Waals surface area contributed by atoms with Gasteiger partial charge in [-0.3, -0.25) is 9.89 Å². The number of rotatable bonds is 10. The van der Waals surface area contributed by atoms with Crippen molar-refractivity contribution >= 4 is 17.2 Å². The Bertz CT molecular complexity index is 1140. The molecule has 2 atom stereocenters. The molecule has 5 nitrogen and oxygen atoms in total. The minimum absolute atomic E-state index is 0.328. The van der Waals surface area contributed by atoms with Crippen molar-refractivity contribution in [2.45, 2.75) is 64.3 Å². The van der Waals surface area contributed by atoms with E-state index in [1.54, 1.807) is 0 Å². The zero-order valence-electron chi connectivity index (χ0n) is 20.1. The molecule has 2 aromatic carbocycles. The average molecular weight is 454 g/mol. The molecule has 5 heteroatoms. The summed E-state index contributed by atoms with van der Waals surface area (Å²) in [6.45, 7) is 5.94. The predicted octanol–water partition coefficient (Wildman–Crippen LogP) is 5.55. The molecular weight excluding hydrogens is 418 g/mol. The van der Waals surface area contributed by atoms with Gasteiger partial charge in [-0.25, -0.2) is 4.98 Å². The first-order chi connectivity index (χ1) is 16.8. The summed E-state index contributed by atoms with van der Waals surface area (Å²) in [5.41, 5.74) is 6.16. The Hall–Kier alpha value is -3.02. The molecule has 34 heavy (non-hydrogen) atoms. The number of H-pyrrole nitrogens is 1. The monoisotopic (exact) mass is 453 g/mol. The summed E-state index contributed by atoms with van der Waals surface area (Å²) >= 11 is 0. The number of imidazole rings is 1. The minimum atomic E-state index is 0.328. The van der Waals surface area contributed by atoms with Crippen molar-refractivity contribution in [2.24, 2.45) is 4.99 Å². The van der Waals surface area contributed by atoms with Crippen LogP contribution in [0.1, 0.15) is 49.6 Å². The second-order valence-electron chi connectivity index (χ2n) is 9.44. The average Bonchev–Trinajstić information content (AvgIpc) is 3.29. The molecule has 2 heterocycles. The van der Waals surface area contributed by atoms with Crippen molar-refractivity contribution in [2.75, 3.05) is 6.54 Å². The number of benzene rings is 2. The highest BCUT2D eigenvalue weighted by Gasteiger charge is 2.26. The molecule has 2 N–H and O–H groups in total. The molecule has 2 unspecified atom stereocenters. The number of aromatic nitrogens is 2. The summed E-state index contributed by atoms with van der Waals surface area (Å²) in [7, 11) is 0. The van der Waals surface area contributed by atoms with Crippen molar-refractivity contribution in [1.29, 1.82) is 0 Å². The van der Waals surface area contributed by atoms with E-state index in [2.05, 4.69) is 87.8 Å². The maximum atomic E-state index is 4.87. The lowest BCUT2D eigenvalue weighted by Crippen LogP contribution is -2.37. The topological polar surface area (TPSA) is 56.3 Å². The van der Waals surface area contributed by atoms with E-state index >= 15 is 0 Å². The van der Waals surface area contributed by atoms with Gasteiger partial charge in [0.15, 0.2) is 0 Å². The lowest BCUT2D eigenvalue weighted by Gasteiger charge is -2.34. The summed E-state index contributed by atoms with van der Waals surface area (Å²) < 4.78 is 0. The van der Waals surface area contributed by atoms with Crippen molar-refractivity contribution < 1.29 is 0 Å². The molecule has 3 aromatic rings. The van der Waals surface area contributed by atoms with Gasteiger partial charge in [0.1, 0.15) is 5.82 Å². The van der Waals surface area contributed by atoms with Crippen LogP contribution in [0.2, 0.25) is 0 Å².